The molecule has 8 heteroatoms. The van der Waals surface area contributed by atoms with E-state index in [0.29, 0.717) is 27.7 Å². The molecule has 0 spiro atoms. The summed E-state index contributed by atoms with van der Waals surface area (Å²) < 4.78 is 13.1. The SMILES string of the molecule is Cc1ccc(-c2cc(C(=O)NCCN3C(=O)S/C(=C\c4ccc(F)cc4)C3=O)c3ccccc3n2)cc1. The molecular weight excluding hydrogens is 489 g/mol. The Balaban J connectivity index is 1.31. The lowest BCUT2D eigenvalue weighted by atomic mass is 10.0. The molecule has 37 heavy (non-hydrogen) atoms. The normalized spacial score (nSPS) is 14.5. The highest BCUT2D eigenvalue weighted by molar-refractivity contribution is 8.18. The third kappa shape index (κ3) is 5.29. The fourth-order valence-corrected chi connectivity index (χ4v) is 4.88. The molecule has 0 saturated carbocycles. The number of carbonyl (C=O) groups is 3. The Kier molecular flexibility index (Phi) is 6.83. The van der Waals surface area contributed by atoms with Gasteiger partial charge in [0.25, 0.3) is 17.1 Å². The number of nitrogens with one attached hydrogen (secondary N) is 1. The number of halogens is 1. The molecule has 0 aliphatic carbocycles. The Morgan fingerprint density at radius 2 is 1.76 bits per heavy atom. The summed E-state index contributed by atoms with van der Waals surface area (Å²) in [6.07, 6.45) is 1.55. The number of carbonyl (C=O) groups excluding carboxylic acids is 3. The maximum Gasteiger partial charge on any atom is 0.293 e. The standard InChI is InChI=1S/C29H22FN3O3S/c1-18-6-10-20(11-7-18)25-17-23(22-4-2-3-5-24(22)32-25)27(34)31-14-15-33-28(35)26(37-29(33)36)16-19-8-12-21(30)13-9-19/h2-13,16-17H,14-15H2,1H3,(H,31,34)/b26-16-. The van der Waals surface area contributed by atoms with Gasteiger partial charge in [0.15, 0.2) is 0 Å². The molecule has 3 aromatic carbocycles. The quantitative estimate of drug-likeness (QED) is 0.330. The topological polar surface area (TPSA) is 79.4 Å². The van der Waals surface area contributed by atoms with Gasteiger partial charge in [0, 0.05) is 24.0 Å². The Bertz CT molecular complexity index is 1550. The highest BCUT2D eigenvalue weighted by Gasteiger charge is 2.34. The number of thioether (sulfide) groups is 1. The summed E-state index contributed by atoms with van der Waals surface area (Å²) in [7, 11) is 0. The number of benzene rings is 3. The van der Waals surface area contributed by atoms with Gasteiger partial charge in [-0.1, -0.05) is 60.2 Å². The third-order valence-corrected chi connectivity index (χ3v) is 6.88. The number of fused-ring (bicyclic) bond motifs is 1. The van der Waals surface area contributed by atoms with Gasteiger partial charge in [0.05, 0.1) is 21.7 Å². The van der Waals surface area contributed by atoms with E-state index in [1.807, 2.05) is 55.5 Å². The van der Waals surface area contributed by atoms with Crippen LogP contribution in [0.4, 0.5) is 9.18 Å². The van der Waals surface area contributed by atoms with E-state index in [1.165, 1.54) is 24.3 Å². The van der Waals surface area contributed by atoms with E-state index in [4.69, 9.17) is 4.98 Å². The van der Waals surface area contributed by atoms with E-state index >= 15 is 0 Å². The second kappa shape index (κ2) is 10.4. The number of para-hydroxylation sites is 1. The molecule has 0 atom stereocenters. The highest BCUT2D eigenvalue weighted by atomic mass is 32.2. The summed E-state index contributed by atoms with van der Waals surface area (Å²) in [5, 5.41) is 3.13. The molecule has 0 unspecified atom stereocenters. The van der Waals surface area contributed by atoms with Gasteiger partial charge in [-0.25, -0.2) is 9.37 Å². The Morgan fingerprint density at radius 1 is 1.03 bits per heavy atom. The summed E-state index contributed by atoms with van der Waals surface area (Å²) in [5.74, 6) is -1.14. The number of pyridine rings is 1. The smallest absolute Gasteiger partial charge is 0.293 e. The lowest BCUT2D eigenvalue weighted by Gasteiger charge is -2.14. The van der Waals surface area contributed by atoms with Crippen molar-refractivity contribution in [1.82, 2.24) is 15.2 Å². The molecule has 184 valence electrons. The molecule has 1 aliphatic rings. The van der Waals surface area contributed by atoms with Crippen molar-refractivity contribution >= 4 is 45.8 Å². The van der Waals surface area contributed by atoms with Crippen LogP contribution < -0.4 is 5.32 Å². The van der Waals surface area contributed by atoms with Gasteiger partial charge in [0.2, 0.25) is 0 Å². The van der Waals surface area contributed by atoms with Crippen LogP contribution in [0.2, 0.25) is 0 Å². The van der Waals surface area contributed by atoms with Gasteiger partial charge in [-0.2, -0.15) is 0 Å². The number of aryl methyl sites for hydroxylation is 1. The predicted octanol–water partition coefficient (Wildman–Crippen LogP) is 5.82. The number of nitrogens with zero attached hydrogens (tertiary/aromatic N) is 2. The van der Waals surface area contributed by atoms with Crippen LogP contribution in [0.25, 0.3) is 28.2 Å². The summed E-state index contributed by atoms with van der Waals surface area (Å²) >= 11 is 0.822. The van der Waals surface area contributed by atoms with Crippen LogP contribution in [0, 0.1) is 12.7 Å². The third-order valence-electron chi connectivity index (χ3n) is 5.97. The van der Waals surface area contributed by atoms with Crippen molar-refractivity contribution < 1.29 is 18.8 Å². The molecular formula is C29H22FN3O3S. The monoisotopic (exact) mass is 511 g/mol. The van der Waals surface area contributed by atoms with Crippen LogP contribution in [0.15, 0.2) is 83.8 Å². The zero-order valence-electron chi connectivity index (χ0n) is 19.9. The zero-order chi connectivity index (χ0) is 25.9. The number of imide groups is 1. The van der Waals surface area contributed by atoms with E-state index < -0.39 is 11.1 Å². The number of aromatic nitrogens is 1. The minimum atomic E-state index is -0.440. The molecule has 1 N–H and O–H groups in total. The summed E-state index contributed by atoms with van der Waals surface area (Å²) in [4.78, 5) is 44.5. The number of amides is 3. The van der Waals surface area contributed by atoms with Gasteiger partial charge >= 0.3 is 0 Å². The molecule has 3 amide bonds. The van der Waals surface area contributed by atoms with Gasteiger partial charge < -0.3 is 5.32 Å². The lowest BCUT2D eigenvalue weighted by Crippen LogP contribution is -2.37. The molecule has 1 saturated heterocycles. The summed E-state index contributed by atoms with van der Waals surface area (Å²) in [5.41, 5.74) is 4.49. The summed E-state index contributed by atoms with van der Waals surface area (Å²) in [6.45, 7) is 2.13. The van der Waals surface area contributed by atoms with E-state index in [-0.39, 0.29) is 29.7 Å². The van der Waals surface area contributed by atoms with Crippen LogP contribution in [-0.2, 0) is 4.79 Å². The summed E-state index contributed by atoms with van der Waals surface area (Å²) in [6, 6.07) is 22.7. The number of rotatable bonds is 6. The maximum atomic E-state index is 13.2. The molecule has 6 nitrogen and oxygen atoms in total. The first-order chi connectivity index (χ1) is 17.9. The van der Waals surface area contributed by atoms with E-state index in [9.17, 15) is 18.8 Å². The van der Waals surface area contributed by atoms with Crippen LogP contribution in [-0.4, -0.2) is 40.0 Å². The van der Waals surface area contributed by atoms with Crippen LogP contribution in [0.3, 0.4) is 0 Å². The van der Waals surface area contributed by atoms with E-state index in [2.05, 4.69) is 5.32 Å². The minimum absolute atomic E-state index is 0.0327. The van der Waals surface area contributed by atoms with Crippen molar-refractivity contribution in [2.45, 2.75) is 6.92 Å². The first-order valence-corrected chi connectivity index (χ1v) is 12.5. The fraction of sp³-hybridized carbons (Fsp3) is 0.103. The molecule has 1 fully saturated rings. The largest absolute Gasteiger partial charge is 0.350 e. The van der Waals surface area contributed by atoms with Gasteiger partial charge in [-0.3, -0.25) is 19.3 Å². The average molecular weight is 512 g/mol. The van der Waals surface area contributed by atoms with Crippen LogP contribution >= 0.6 is 11.8 Å². The number of hydrogen-bond acceptors (Lipinski definition) is 5. The second-order valence-electron chi connectivity index (χ2n) is 8.58. The van der Waals surface area contributed by atoms with Crippen molar-refractivity contribution in [3.05, 3.63) is 106 Å². The molecule has 1 aromatic heterocycles. The Morgan fingerprint density at radius 3 is 2.51 bits per heavy atom. The van der Waals surface area contributed by atoms with Crippen molar-refractivity contribution in [2.24, 2.45) is 0 Å². The average Bonchev–Trinajstić information content (AvgIpc) is 3.17. The predicted molar refractivity (Wildman–Crippen MR) is 143 cm³/mol. The molecule has 4 aromatic rings. The van der Waals surface area contributed by atoms with Gasteiger partial charge in [-0.05, 0) is 54.6 Å². The Hall–Kier alpha value is -4.30. The minimum Gasteiger partial charge on any atom is -0.350 e. The molecule has 5 rings (SSSR count). The van der Waals surface area contributed by atoms with Crippen molar-refractivity contribution in [1.29, 1.82) is 0 Å². The van der Waals surface area contributed by atoms with Crippen molar-refractivity contribution in [2.75, 3.05) is 13.1 Å². The Labute approximate surface area is 217 Å². The van der Waals surface area contributed by atoms with Crippen molar-refractivity contribution in [3.63, 3.8) is 0 Å². The van der Waals surface area contributed by atoms with Gasteiger partial charge in [0.1, 0.15) is 5.82 Å². The molecule has 2 heterocycles. The maximum absolute atomic E-state index is 13.2. The first kappa shape index (κ1) is 24.4. The van der Waals surface area contributed by atoms with Gasteiger partial charge in [-0.15, -0.1) is 0 Å². The fourth-order valence-electron chi connectivity index (χ4n) is 4.02. The molecule has 1 aliphatic heterocycles. The lowest BCUT2D eigenvalue weighted by molar-refractivity contribution is -0.122. The highest BCUT2D eigenvalue weighted by Crippen LogP contribution is 2.32. The van der Waals surface area contributed by atoms with E-state index in [1.54, 1.807) is 12.1 Å². The van der Waals surface area contributed by atoms with Crippen LogP contribution in [0.5, 0.6) is 0 Å². The number of hydrogen-bond donors (Lipinski definition) is 1. The molecule has 0 bridgehead atoms. The molecule has 0 radical (unpaired) electrons. The van der Waals surface area contributed by atoms with E-state index in [0.717, 1.165) is 27.8 Å². The van der Waals surface area contributed by atoms with Crippen LogP contribution in [0.1, 0.15) is 21.5 Å². The van der Waals surface area contributed by atoms with Crippen molar-refractivity contribution in [3.8, 4) is 11.3 Å². The first-order valence-electron chi connectivity index (χ1n) is 11.6. The zero-order valence-corrected chi connectivity index (χ0v) is 20.7. The second-order valence-corrected chi connectivity index (χ2v) is 9.57.